The molecule has 0 radical (unpaired) electrons. The molecule has 1 aromatic carbocycles. The Morgan fingerprint density at radius 1 is 1.05 bits per heavy atom. The first-order valence-electron chi connectivity index (χ1n) is 8.35. The fourth-order valence-corrected chi connectivity index (χ4v) is 3.89. The third-order valence-corrected chi connectivity index (χ3v) is 5.22. The number of oxazole rings is 1. The summed E-state index contributed by atoms with van der Waals surface area (Å²) in [5.41, 5.74) is 1.67. The number of anilines is 1. The third kappa shape index (κ3) is 2.82. The second kappa shape index (κ2) is 6.09. The minimum Gasteiger partial charge on any atom is -0.423 e. The van der Waals surface area contributed by atoms with Crippen LogP contribution in [-0.2, 0) is 0 Å². The molecule has 5 heteroatoms. The molecule has 0 N–H and O–H groups in total. The van der Waals surface area contributed by atoms with E-state index in [1.165, 1.54) is 45.2 Å². The van der Waals surface area contributed by atoms with E-state index in [0.29, 0.717) is 5.02 Å². The first-order valence-corrected chi connectivity index (χ1v) is 8.72. The Labute approximate surface area is 136 Å². The molecule has 2 aliphatic rings. The summed E-state index contributed by atoms with van der Waals surface area (Å²) in [5.74, 6) is 0. The van der Waals surface area contributed by atoms with Crippen LogP contribution in [-0.4, -0.2) is 42.1 Å². The van der Waals surface area contributed by atoms with Gasteiger partial charge in [-0.1, -0.05) is 18.0 Å². The summed E-state index contributed by atoms with van der Waals surface area (Å²) in [6, 6.07) is 7.11. The highest BCUT2D eigenvalue weighted by atomic mass is 35.5. The number of hydrogen-bond acceptors (Lipinski definition) is 4. The molecule has 0 aliphatic carbocycles. The molecular formula is C17H22ClN3O. The maximum absolute atomic E-state index is 6.01. The molecule has 2 aliphatic heterocycles. The highest BCUT2D eigenvalue weighted by Crippen LogP contribution is 2.28. The Morgan fingerprint density at radius 3 is 2.59 bits per heavy atom. The fraction of sp³-hybridized carbons (Fsp3) is 0.588. The molecule has 0 spiro atoms. The van der Waals surface area contributed by atoms with E-state index in [0.717, 1.165) is 36.2 Å². The van der Waals surface area contributed by atoms with E-state index >= 15 is 0 Å². The molecule has 118 valence electrons. The van der Waals surface area contributed by atoms with E-state index in [9.17, 15) is 0 Å². The van der Waals surface area contributed by atoms with Gasteiger partial charge in [-0.05, 0) is 50.9 Å². The number of nitrogens with zero attached hydrogens (tertiary/aromatic N) is 3. The minimum absolute atomic E-state index is 0.694. The number of benzene rings is 1. The van der Waals surface area contributed by atoms with Crippen molar-refractivity contribution in [2.75, 3.05) is 31.1 Å². The number of fused-ring (bicyclic) bond motifs is 1. The van der Waals surface area contributed by atoms with Crippen LogP contribution in [0, 0.1) is 0 Å². The first kappa shape index (κ1) is 14.3. The standard InChI is InChI=1S/C17H22ClN3O/c18-13-4-5-15-16(12-13)22-17(19-15)21-10-6-14(7-11-21)20-8-2-1-3-9-20/h4-5,12,14H,1-3,6-11H2. The lowest BCUT2D eigenvalue weighted by Crippen LogP contribution is -2.46. The van der Waals surface area contributed by atoms with Crippen LogP contribution in [0.1, 0.15) is 32.1 Å². The summed E-state index contributed by atoms with van der Waals surface area (Å²) in [6.07, 6.45) is 6.55. The number of hydrogen-bond donors (Lipinski definition) is 0. The topological polar surface area (TPSA) is 32.5 Å². The van der Waals surface area contributed by atoms with E-state index in [4.69, 9.17) is 16.0 Å². The van der Waals surface area contributed by atoms with Crippen LogP contribution in [0.5, 0.6) is 0 Å². The van der Waals surface area contributed by atoms with Gasteiger partial charge in [0, 0.05) is 30.2 Å². The summed E-state index contributed by atoms with van der Waals surface area (Å²) in [6.45, 7) is 4.63. The van der Waals surface area contributed by atoms with Gasteiger partial charge < -0.3 is 14.2 Å². The van der Waals surface area contributed by atoms with Crippen LogP contribution in [0.2, 0.25) is 5.02 Å². The zero-order valence-corrected chi connectivity index (χ0v) is 13.6. The Kier molecular flexibility index (Phi) is 3.97. The molecule has 2 fully saturated rings. The second-order valence-electron chi connectivity index (χ2n) is 6.42. The minimum atomic E-state index is 0.694. The molecule has 3 heterocycles. The fourth-order valence-electron chi connectivity index (χ4n) is 3.73. The third-order valence-electron chi connectivity index (χ3n) is 4.98. The van der Waals surface area contributed by atoms with Crippen LogP contribution >= 0.6 is 11.6 Å². The number of piperidine rings is 2. The van der Waals surface area contributed by atoms with Gasteiger partial charge in [0.1, 0.15) is 5.52 Å². The van der Waals surface area contributed by atoms with E-state index in [-0.39, 0.29) is 0 Å². The van der Waals surface area contributed by atoms with Crippen molar-refractivity contribution in [3.8, 4) is 0 Å². The van der Waals surface area contributed by atoms with Gasteiger partial charge in [-0.15, -0.1) is 0 Å². The molecule has 0 unspecified atom stereocenters. The van der Waals surface area contributed by atoms with Crippen molar-refractivity contribution >= 4 is 28.7 Å². The van der Waals surface area contributed by atoms with Crippen molar-refractivity contribution in [2.24, 2.45) is 0 Å². The van der Waals surface area contributed by atoms with Crippen molar-refractivity contribution in [3.63, 3.8) is 0 Å². The van der Waals surface area contributed by atoms with Gasteiger partial charge in [0.15, 0.2) is 5.58 Å². The molecular weight excluding hydrogens is 298 g/mol. The Hall–Kier alpha value is -1.26. The highest BCUT2D eigenvalue weighted by molar-refractivity contribution is 6.31. The predicted molar refractivity (Wildman–Crippen MR) is 89.7 cm³/mol. The van der Waals surface area contributed by atoms with Gasteiger partial charge in [-0.25, -0.2) is 0 Å². The van der Waals surface area contributed by atoms with Crippen molar-refractivity contribution in [2.45, 2.75) is 38.1 Å². The van der Waals surface area contributed by atoms with Crippen LogP contribution in [0.3, 0.4) is 0 Å². The molecule has 0 bridgehead atoms. The number of aromatic nitrogens is 1. The molecule has 2 saturated heterocycles. The largest absolute Gasteiger partial charge is 0.423 e. The maximum Gasteiger partial charge on any atom is 0.298 e. The average molecular weight is 320 g/mol. The van der Waals surface area contributed by atoms with E-state index in [1.54, 1.807) is 0 Å². The summed E-state index contributed by atoms with van der Waals surface area (Å²) in [7, 11) is 0. The molecule has 4 nitrogen and oxygen atoms in total. The van der Waals surface area contributed by atoms with E-state index < -0.39 is 0 Å². The lowest BCUT2D eigenvalue weighted by atomic mass is 10.0. The molecule has 2 aromatic rings. The quantitative estimate of drug-likeness (QED) is 0.839. The molecule has 1 aromatic heterocycles. The van der Waals surface area contributed by atoms with Crippen molar-refractivity contribution in [1.82, 2.24) is 9.88 Å². The monoisotopic (exact) mass is 319 g/mol. The molecule has 4 rings (SSSR count). The number of halogens is 1. The van der Waals surface area contributed by atoms with Crippen molar-refractivity contribution in [3.05, 3.63) is 23.2 Å². The van der Waals surface area contributed by atoms with Crippen LogP contribution in [0.25, 0.3) is 11.1 Å². The SMILES string of the molecule is Clc1ccc2nc(N3CCC(N4CCCCC4)CC3)oc2c1. The van der Waals surface area contributed by atoms with Gasteiger partial charge in [0.2, 0.25) is 0 Å². The van der Waals surface area contributed by atoms with Crippen LogP contribution < -0.4 is 4.90 Å². The zero-order valence-electron chi connectivity index (χ0n) is 12.8. The lowest BCUT2D eigenvalue weighted by molar-refractivity contribution is 0.140. The number of likely N-dealkylation sites (tertiary alicyclic amines) is 1. The molecule has 22 heavy (non-hydrogen) atoms. The second-order valence-corrected chi connectivity index (χ2v) is 6.86. The van der Waals surface area contributed by atoms with Crippen molar-refractivity contribution < 1.29 is 4.42 Å². The molecule has 0 atom stereocenters. The van der Waals surface area contributed by atoms with Crippen LogP contribution in [0.4, 0.5) is 6.01 Å². The summed E-state index contributed by atoms with van der Waals surface area (Å²) >= 11 is 6.01. The van der Waals surface area contributed by atoms with Crippen LogP contribution in [0.15, 0.2) is 22.6 Å². The summed E-state index contributed by atoms with van der Waals surface area (Å²) < 4.78 is 5.89. The average Bonchev–Trinajstić information content (AvgIpc) is 2.99. The Balaban J connectivity index is 1.43. The maximum atomic E-state index is 6.01. The molecule has 0 amide bonds. The predicted octanol–water partition coefficient (Wildman–Crippen LogP) is 3.94. The number of rotatable bonds is 2. The van der Waals surface area contributed by atoms with Gasteiger partial charge in [0.25, 0.3) is 6.01 Å². The van der Waals surface area contributed by atoms with Gasteiger partial charge >= 0.3 is 0 Å². The van der Waals surface area contributed by atoms with Crippen molar-refractivity contribution in [1.29, 1.82) is 0 Å². The van der Waals surface area contributed by atoms with E-state index in [2.05, 4.69) is 14.8 Å². The first-order chi connectivity index (χ1) is 10.8. The zero-order chi connectivity index (χ0) is 14.9. The normalized spacial score (nSPS) is 21.6. The van der Waals surface area contributed by atoms with Gasteiger partial charge in [0.05, 0.1) is 0 Å². The van der Waals surface area contributed by atoms with Gasteiger partial charge in [-0.3, -0.25) is 0 Å². The van der Waals surface area contributed by atoms with Gasteiger partial charge in [-0.2, -0.15) is 4.98 Å². The Bertz CT molecular complexity index is 642. The Morgan fingerprint density at radius 2 is 1.82 bits per heavy atom. The highest BCUT2D eigenvalue weighted by Gasteiger charge is 2.27. The van der Waals surface area contributed by atoms with E-state index in [1.807, 2.05) is 18.2 Å². The molecule has 0 saturated carbocycles. The lowest BCUT2D eigenvalue weighted by Gasteiger charge is -2.39. The summed E-state index contributed by atoms with van der Waals surface area (Å²) in [5, 5.41) is 0.694. The summed E-state index contributed by atoms with van der Waals surface area (Å²) in [4.78, 5) is 9.56. The smallest absolute Gasteiger partial charge is 0.298 e.